The Kier molecular flexibility index (Phi) is 10.9. The standard InChI is InChI=1S/C14H30BrN/c1-13(2)7-11-16(10-6-5-9-15)12-8-14(3)4/h13-14H,5-12H2,1-4H3. The zero-order valence-electron chi connectivity index (χ0n) is 11.6. The van der Waals surface area contributed by atoms with E-state index < -0.39 is 0 Å². The summed E-state index contributed by atoms with van der Waals surface area (Å²) in [5.41, 5.74) is 0. The van der Waals surface area contributed by atoms with Gasteiger partial charge in [0.1, 0.15) is 0 Å². The van der Waals surface area contributed by atoms with E-state index in [0.717, 1.165) is 17.2 Å². The smallest absolute Gasteiger partial charge is 0.00317 e. The van der Waals surface area contributed by atoms with Crippen molar-refractivity contribution in [2.24, 2.45) is 11.8 Å². The van der Waals surface area contributed by atoms with E-state index in [-0.39, 0.29) is 0 Å². The lowest BCUT2D eigenvalue weighted by atomic mass is 10.1. The molecule has 16 heavy (non-hydrogen) atoms. The van der Waals surface area contributed by atoms with Crippen molar-refractivity contribution in [3.63, 3.8) is 0 Å². The van der Waals surface area contributed by atoms with E-state index in [4.69, 9.17) is 0 Å². The summed E-state index contributed by atoms with van der Waals surface area (Å²) in [6, 6.07) is 0. The van der Waals surface area contributed by atoms with Gasteiger partial charge in [0.25, 0.3) is 0 Å². The fraction of sp³-hybridized carbons (Fsp3) is 1.00. The van der Waals surface area contributed by atoms with Crippen molar-refractivity contribution < 1.29 is 0 Å². The van der Waals surface area contributed by atoms with Crippen LogP contribution in [-0.2, 0) is 0 Å². The summed E-state index contributed by atoms with van der Waals surface area (Å²) in [6.45, 7) is 13.1. The third kappa shape index (κ3) is 10.9. The highest BCUT2D eigenvalue weighted by molar-refractivity contribution is 9.09. The van der Waals surface area contributed by atoms with Gasteiger partial charge in [-0.05, 0) is 57.2 Å². The van der Waals surface area contributed by atoms with Crippen LogP contribution in [0, 0.1) is 11.8 Å². The lowest BCUT2D eigenvalue weighted by Crippen LogP contribution is -2.29. The Bertz CT molecular complexity index is 134. The zero-order chi connectivity index (χ0) is 12.4. The van der Waals surface area contributed by atoms with Crippen molar-refractivity contribution in [2.45, 2.75) is 53.4 Å². The molecular weight excluding hydrogens is 262 g/mol. The van der Waals surface area contributed by atoms with E-state index >= 15 is 0 Å². The van der Waals surface area contributed by atoms with Gasteiger partial charge in [-0.1, -0.05) is 43.6 Å². The minimum atomic E-state index is 0.831. The van der Waals surface area contributed by atoms with Gasteiger partial charge in [-0.25, -0.2) is 0 Å². The van der Waals surface area contributed by atoms with E-state index in [9.17, 15) is 0 Å². The molecule has 0 atom stereocenters. The first-order valence-electron chi connectivity index (χ1n) is 6.84. The van der Waals surface area contributed by atoms with Crippen molar-refractivity contribution in [1.29, 1.82) is 0 Å². The molecule has 0 aromatic carbocycles. The van der Waals surface area contributed by atoms with Crippen LogP contribution in [0.3, 0.4) is 0 Å². The first-order valence-corrected chi connectivity index (χ1v) is 7.96. The second-order valence-corrected chi connectivity index (χ2v) is 6.40. The molecule has 0 aromatic rings. The molecular formula is C14H30BrN. The van der Waals surface area contributed by atoms with Crippen molar-refractivity contribution in [2.75, 3.05) is 25.0 Å². The monoisotopic (exact) mass is 291 g/mol. The molecule has 98 valence electrons. The Balaban J connectivity index is 3.76. The summed E-state index contributed by atoms with van der Waals surface area (Å²) in [6.07, 6.45) is 5.32. The van der Waals surface area contributed by atoms with Gasteiger partial charge in [0.05, 0.1) is 0 Å². The summed E-state index contributed by atoms with van der Waals surface area (Å²) in [7, 11) is 0. The van der Waals surface area contributed by atoms with Gasteiger partial charge in [0.15, 0.2) is 0 Å². The maximum Gasteiger partial charge on any atom is 0.00317 e. The Hall–Kier alpha value is 0.440. The van der Waals surface area contributed by atoms with Crippen molar-refractivity contribution in [3.8, 4) is 0 Å². The van der Waals surface area contributed by atoms with Crippen molar-refractivity contribution >= 4 is 15.9 Å². The van der Waals surface area contributed by atoms with Crippen LogP contribution in [0.4, 0.5) is 0 Å². The van der Waals surface area contributed by atoms with E-state index in [1.807, 2.05) is 0 Å². The first kappa shape index (κ1) is 16.4. The quantitative estimate of drug-likeness (QED) is 0.421. The number of unbranched alkanes of at least 4 members (excludes halogenated alkanes) is 1. The fourth-order valence-electron chi connectivity index (χ4n) is 1.65. The van der Waals surface area contributed by atoms with Gasteiger partial charge < -0.3 is 4.90 Å². The normalized spacial score (nSPS) is 12.0. The highest BCUT2D eigenvalue weighted by Gasteiger charge is 2.06. The highest BCUT2D eigenvalue weighted by Crippen LogP contribution is 2.08. The third-order valence-corrected chi connectivity index (χ3v) is 3.46. The van der Waals surface area contributed by atoms with Crippen molar-refractivity contribution in [3.05, 3.63) is 0 Å². The predicted molar refractivity (Wildman–Crippen MR) is 78.4 cm³/mol. The molecule has 0 aliphatic heterocycles. The number of nitrogens with zero attached hydrogens (tertiary/aromatic N) is 1. The molecule has 0 amide bonds. The molecule has 0 N–H and O–H groups in total. The molecule has 0 spiro atoms. The minimum Gasteiger partial charge on any atom is -0.303 e. The fourth-order valence-corrected chi connectivity index (χ4v) is 2.04. The van der Waals surface area contributed by atoms with Crippen LogP contribution < -0.4 is 0 Å². The summed E-state index contributed by atoms with van der Waals surface area (Å²) in [5, 5.41) is 1.15. The van der Waals surface area contributed by atoms with Gasteiger partial charge in [-0.15, -0.1) is 0 Å². The Morgan fingerprint density at radius 1 is 0.812 bits per heavy atom. The molecule has 0 aliphatic carbocycles. The highest BCUT2D eigenvalue weighted by atomic mass is 79.9. The molecule has 0 fully saturated rings. The molecule has 2 heteroatoms. The Morgan fingerprint density at radius 3 is 1.69 bits per heavy atom. The van der Waals surface area contributed by atoms with Crippen LogP contribution in [-0.4, -0.2) is 29.9 Å². The second kappa shape index (κ2) is 10.6. The maximum absolute atomic E-state index is 3.51. The van der Waals surface area contributed by atoms with Gasteiger partial charge >= 0.3 is 0 Å². The summed E-state index contributed by atoms with van der Waals surface area (Å²) in [4.78, 5) is 2.66. The summed E-state index contributed by atoms with van der Waals surface area (Å²) >= 11 is 3.51. The lowest BCUT2D eigenvalue weighted by Gasteiger charge is -2.24. The molecule has 0 bridgehead atoms. The van der Waals surface area contributed by atoms with Crippen LogP contribution in [0.5, 0.6) is 0 Å². The molecule has 0 rings (SSSR count). The number of hydrogen-bond donors (Lipinski definition) is 0. The molecule has 0 radical (unpaired) electrons. The molecule has 0 aromatic heterocycles. The van der Waals surface area contributed by atoms with E-state index in [1.165, 1.54) is 45.3 Å². The summed E-state index contributed by atoms with van der Waals surface area (Å²) < 4.78 is 0. The molecule has 0 aliphatic rings. The van der Waals surface area contributed by atoms with Crippen LogP contribution in [0.15, 0.2) is 0 Å². The molecule has 0 unspecified atom stereocenters. The predicted octanol–water partition coefficient (Wildman–Crippen LogP) is 4.56. The average molecular weight is 292 g/mol. The summed E-state index contributed by atoms with van der Waals surface area (Å²) in [5.74, 6) is 1.66. The number of halogens is 1. The van der Waals surface area contributed by atoms with Gasteiger partial charge in [-0.2, -0.15) is 0 Å². The lowest BCUT2D eigenvalue weighted by molar-refractivity contribution is 0.240. The average Bonchev–Trinajstić information content (AvgIpc) is 2.21. The van der Waals surface area contributed by atoms with E-state index in [0.29, 0.717) is 0 Å². The number of rotatable bonds is 10. The topological polar surface area (TPSA) is 3.24 Å². The van der Waals surface area contributed by atoms with Gasteiger partial charge in [0.2, 0.25) is 0 Å². The number of alkyl halides is 1. The Labute approximate surface area is 111 Å². The Morgan fingerprint density at radius 2 is 1.31 bits per heavy atom. The van der Waals surface area contributed by atoms with E-state index in [1.54, 1.807) is 0 Å². The van der Waals surface area contributed by atoms with Gasteiger partial charge in [-0.3, -0.25) is 0 Å². The second-order valence-electron chi connectivity index (χ2n) is 5.60. The molecule has 0 heterocycles. The minimum absolute atomic E-state index is 0.831. The van der Waals surface area contributed by atoms with Gasteiger partial charge in [0, 0.05) is 5.33 Å². The van der Waals surface area contributed by atoms with E-state index in [2.05, 4.69) is 48.5 Å². The van der Waals surface area contributed by atoms with Crippen LogP contribution in [0.25, 0.3) is 0 Å². The maximum atomic E-state index is 3.51. The number of hydrogen-bond acceptors (Lipinski definition) is 1. The first-order chi connectivity index (χ1) is 7.56. The molecule has 1 nitrogen and oxygen atoms in total. The molecule has 0 saturated heterocycles. The molecule has 0 saturated carbocycles. The largest absolute Gasteiger partial charge is 0.303 e. The zero-order valence-corrected chi connectivity index (χ0v) is 13.2. The van der Waals surface area contributed by atoms with Crippen LogP contribution >= 0.6 is 15.9 Å². The SMILES string of the molecule is CC(C)CCN(CCCCBr)CCC(C)C. The van der Waals surface area contributed by atoms with Crippen LogP contribution in [0.1, 0.15) is 53.4 Å². The van der Waals surface area contributed by atoms with Crippen molar-refractivity contribution in [1.82, 2.24) is 4.90 Å². The van der Waals surface area contributed by atoms with Crippen LogP contribution in [0.2, 0.25) is 0 Å². The third-order valence-electron chi connectivity index (χ3n) is 2.90.